The molecule has 1 aliphatic heterocycles. The van der Waals surface area contributed by atoms with Gasteiger partial charge in [0.25, 0.3) is 0 Å². The van der Waals surface area contributed by atoms with Crippen LogP contribution < -0.4 is 0 Å². The molecule has 3 nitrogen and oxygen atoms in total. The minimum atomic E-state index is 0.484. The smallest absolute Gasteiger partial charge is 0.117 e. The van der Waals surface area contributed by atoms with Crippen molar-refractivity contribution < 1.29 is 4.42 Å². The van der Waals surface area contributed by atoms with Crippen molar-refractivity contribution in [2.24, 2.45) is 0 Å². The van der Waals surface area contributed by atoms with Gasteiger partial charge >= 0.3 is 0 Å². The van der Waals surface area contributed by atoms with Gasteiger partial charge in [-0.1, -0.05) is 12.5 Å². The molecule has 94 valence electrons. The molecule has 1 saturated heterocycles. The lowest BCUT2D eigenvalue weighted by Crippen LogP contribution is -2.32. The van der Waals surface area contributed by atoms with Gasteiger partial charge < -0.3 is 4.42 Å². The third-order valence-electron chi connectivity index (χ3n) is 3.62. The molecule has 0 aromatic carbocycles. The summed E-state index contributed by atoms with van der Waals surface area (Å²) >= 11 is 0. The maximum Gasteiger partial charge on any atom is 0.117 e. The lowest BCUT2D eigenvalue weighted by Gasteiger charge is -2.35. The number of nitrogens with zero attached hydrogens (tertiary/aromatic N) is 2. The fraction of sp³-hybridized carbons (Fsp3) is 0.400. The van der Waals surface area contributed by atoms with Gasteiger partial charge in [0.2, 0.25) is 0 Å². The molecule has 3 rings (SSSR count). The molecule has 0 aliphatic carbocycles. The summed E-state index contributed by atoms with van der Waals surface area (Å²) in [4.78, 5) is 6.74. The Hall–Kier alpha value is -1.61. The summed E-state index contributed by atoms with van der Waals surface area (Å²) in [7, 11) is 0. The Kier molecular flexibility index (Phi) is 3.42. The molecular formula is C15H18N2O. The van der Waals surface area contributed by atoms with Gasteiger partial charge in [0.15, 0.2) is 0 Å². The zero-order valence-electron chi connectivity index (χ0n) is 10.5. The molecule has 1 atom stereocenters. The SMILES string of the molecule is c1cncc(C2CCCCN2Cc2ccco2)c1. The summed E-state index contributed by atoms with van der Waals surface area (Å²) < 4.78 is 5.46. The maximum atomic E-state index is 5.46. The summed E-state index contributed by atoms with van der Waals surface area (Å²) in [6, 6.07) is 8.69. The number of piperidine rings is 1. The van der Waals surface area contributed by atoms with Gasteiger partial charge in [0.1, 0.15) is 5.76 Å². The summed E-state index contributed by atoms with van der Waals surface area (Å²) in [5.74, 6) is 1.05. The average Bonchev–Trinajstić information content (AvgIpc) is 2.93. The number of hydrogen-bond donors (Lipinski definition) is 0. The van der Waals surface area contributed by atoms with E-state index < -0.39 is 0 Å². The molecule has 1 unspecified atom stereocenters. The normalized spacial score (nSPS) is 21.0. The highest BCUT2D eigenvalue weighted by Gasteiger charge is 2.24. The minimum absolute atomic E-state index is 0.484. The molecule has 0 radical (unpaired) electrons. The van der Waals surface area contributed by atoms with E-state index in [9.17, 15) is 0 Å². The third-order valence-corrected chi connectivity index (χ3v) is 3.62. The molecular weight excluding hydrogens is 224 g/mol. The van der Waals surface area contributed by atoms with Gasteiger partial charge in [-0.15, -0.1) is 0 Å². The van der Waals surface area contributed by atoms with Crippen LogP contribution in [-0.4, -0.2) is 16.4 Å². The van der Waals surface area contributed by atoms with E-state index >= 15 is 0 Å². The van der Waals surface area contributed by atoms with Crippen molar-refractivity contribution in [3.8, 4) is 0 Å². The molecule has 2 aromatic heterocycles. The second-order valence-corrected chi connectivity index (χ2v) is 4.85. The molecule has 0 bridgehead atoms. The summed E-state index contributed by atoms with van der Waals surface area (Å²) in [5.41, 5.74) is 1.32. The standard InChI is InChI=1S/C15H18N2O/c1-2-9-17(12-14-6-4-10-18-14)15(7-1)13-5-3-8-16-11-13/h3-6,8,10-11,15H,1-2,7,9,12H2. The van der Waals surface area contributed by atoms with Crippen LogP contribution in [-0.2, 0) is 6.54 Å². The zero-order valence-corrected chi connectivity index (χ0v) is 10.5. The van der Waals surface area contributed by atoms with Crippen LogP contribution in [0, 0.1) is 0 Å². The van der Waals surface area contributed by atoms with Crippen LogP contribution in [0.4, 0.5) is 0 Å². The highest BCUT2D eigenvalue weighted by Crippen LogP contribution is 2.31. The van der Waals surface area contributed by atoms with E-state index in [2.05, 4.69) is 22.0 Å². The molecule has 0 amide bonds. The Morgan fingerprint density at radius 1 is 1.28 bits per heavy atom. The first-order chi connectivity index (χ1) is 8.93. The Bertz CT molecular complexity index is 467. The molecule has 18 heavy (non-hydrogen) atoms. The predicted octanol–water partition coefficient (Wildman–Crippen LogP) is 3.40. The average molecular weight is 242 g/mol. The monoisotopic (exact) mass is 242 g/mol. The Morgan fingerprint density at radius 2 is 2.28 bits per heavy atom. The van der Waals surface area contributed by atoms with Crippen molar-refractivity contribution in [3.63, 3.8) is 0 Å². The number of furan rings is 1. The van der Waals surface area contributed by atoms with Gasteiger partial charge in [0.05, 0.1) is 12.8 Å². The quantitative estimate of drug-likeness (QED) is 0.826. The van der Waals surface area contributed by atoms with E-state index in [0.717, 1.165) is 18.8 Å². The molecule has 3 heterocycles. The van der Waals surface area contributed by atoms with Gasteiger partial charge in [-0.3, -0.25) is 9.88 Å². The summed E-state index contributed by atoms with van der Waals surface area (Å²) in [6.07, 6.45) is 9.37. The Balaban J connectivity index is 1.78. The van der Waals surface area contributed by atoms with E-state index in [4.69, 9.17) is 4.42 Å². The highest BCUT2D eigenvalue weighted by atomic mass is 16.3. The zero-order chi connectivity index (χ0) is 12.2. The first-order valence-electron chi connectivity index (χ1n) is 6.60. The summed E-state index contributed by atoms with van der Waals surface area (Å²) in [6.45, 7) is 2.03. The van der Waals surface area contributed by atoms with Gasteiger partial charge in [-0.25, -0.2) is 0 Å². The van der Waals surface area contributed by atoms with Gasteiger partial charge in [-0.2, -0.15) is 0 Å². The first-order valence-corrected chi connectivity index (χ1v) is 6.60. The molecule has 1 aliphatic rings. The van der Waals surface area contributed by atoms with Crippen LogP contribution in [0.1, 0.15) is 36.6 Å². The Morgan fingerprint density at radius 3 is 3.06 bits per heavy atom. The number of rotatable bonds is 3. The number of aromatic nitrogens is 1. The van der Waals surface area contributed by atoms with Crippen molar-refractivity contribution in [1.29, 1.82) is 0 Å². The largest absolute Gasteiger partial charge is 0.468 e. The second kappa shape index (κ2) is 5.36. The fourth-order valence-electron chi connectivity index (χ4n) is 2.73. The third kappa shape index (κ3) is 2.46. The maximum absolute atomic E-state index is 5.46. The van der Waals surface area contributed by atoms with E-state index in [0.29, 0.717) is 6.04 Å². The van der Waals surface area contributed by atoms with Crippen LogP contribution in [0.15, 0.2) is 47.3 Å². The molecule has 3 heteroatoms. The van der Waals surface area contributed by atoms with Crippen molar-refractivity contribution in [3.05, 3.63) is 54.2 Å². The molecule has 0 saturated carbocycles. The molecule has 0 spiro atoms. The Labute approximate surface area is 107 Å². The topological polar surface area (TPSA) is 29.3 Å². The number of pyridine rings is 1. The van der Waals surface area contributed by atoms with Crippen LogP contribution >= 0.6 is 0 Å². The predicted molar refractivity (Wildman–Crippen MR) is 69.9 cm³/mol. The van der Waals surface area contributed by atoms with Crippen LogP contribution in [0.25, 0.3) is 0 Å². The number of likely N-dealkylation sites (tertiary alicyclic amines) is 1. The lowest BCUT2D eigenvalue weighted by atomic mass is 9.96. The molecule has 1 fully saturated rings. The van der Waals surface area contributed by atoms with E-state index in [-0.39, 0.29) is 0 Å². The molecule has 2 aromatic rings. The van der Waals surface area contributed by atoms with E-state index in [1.165, 1.54) is 24.8 Å². The van der Waals surface area contributed by atoms with Crippen molar-refractivity contribution in [1.82, 2.24) is 9.88 Å². The van der Waals surface area contributed by atoms with E-state index in [1.54, 1.807) is 6.26 Å². The highest BCUT2D eigenvalue weighted by molar-refractivity contribution is 5.15. The molecule has 0 N–H and O–H groups in total. The summed E-state index contributed by atoms with van der Waals surface area (Å²) in [5, 5.41) is 0. The second-order valence-electron chi connectivity index (χ2n) is 4.85. The van der Waals surface area contributed by atoms with Crippen molar-refractivity contribution >= 4 is 0 Å². The minimum Gasteiger partial charge on any atom is -0.468 e. The number of hydrogen-bond acceptors (Lipinski definition) is 3. The van der Waals surface area contributed by atoms with Crippen LogP contribution in [0.2, 0.25) is 0 Å². The van der Waals surface area contributed by atoms with Crippen LogP contribution in [0.3, 0.4) is 0 Å². The van der Waals surface area contributed by atoms with Crippen LogP contribution in [0.5, 0.6) is 0 Å². The van der Waals surface area contributed by atoms with Crippen molar-refractivity contribution in [2.75, 3.05) is 6.54 Å². The van der Waals surface area contributed by atoms with Gasteiger partial charge in [0, 0.05) is 18.4 Å². The lowest BCUT2D eigenvalue weighted by molar-refractivity contribution is 0.130. The first kappa shape index (κ1) is 11.5. The van der Waals surface area contributed by atoms with Crippen molar-refractivity contribution in [2.45, 2.75) is 31.8 Å². The van der Waals surface area contributed by atoms with Gasteiger partial charge in [-0.05, 0) is 43.1 Å². The van der Waals surface area contributed by atoms with E-state index in [1.807, 2.05) is 24.5 Å². The fourth-order valence-corrected chi connectivity index (χ4v) is 2.73.